The first-order valence-electron chi connectivity index (χ1n) is 6.86. The first-order chi connectivity index (χ1) is 11.0. The summed E-state index contributed by atoms with van der Waals surface area (Å²) in [5, 5.41) is 6.54. The molecule has 1 atom stereocenters. The van der Waals surface area contributed by atoms with E-state index in [1.54, 1.807) is 4.68 Å². The molecule has 9 nitrogen and oxygen atoms in total. The number of sulfonamides is 1. The van der Waals surface area contributed by atoms with Gasteiger partial charge >= 0.3 is 0 Å². The molecule has 0 fully saturated rings. The predicted molar refractivity (Wildman–Crippen MR) is 80.5 cm³/mol. The summed E-state index contributed by atoms with van der Waals surface area (Å²) in [5.41, 5.74) is 0.341. The van der Waals surface area contributed by atoms with Crippen molar-refractivity contribution in [2.45, 2.75) is 17.9 Å². The van der Waals surface area contributed by atoms with Gasteiger partial charge in [0.1, 0.15) is 18.4 Å². The van der Waals surface area contributed by atoms with Gasteiger partial charge in [-0.15, -0.1) is 0 Å². The molecule has 1 aliphatic rings. The van der Waals surface area contributed by atoms with Crippen molar-refractivity contribution in [3.05, 3.63) is 30.9 Å². The summed E-state index contributed by atoms with van der Waals surface area (Å²) in [4.78, 5) is 15.2. The van der Waals surface area contributed by atoms with Crippen LogP contribution in [0.2, 0.25) is 0 Å². The third-order valence-corrected chi connectivity index (χ3v) is 4.77. The van der Waals surface area contributed by atoms with Gasteiger partial charge in [0.2, 0.25) is 10.0 Å². The molecule has 2 heterocycles. The average Bonchev–Trinajstić information content (AvgIpc) is 3.06. The Kier molecular flexibility index (Phi) is 4.01. The van der Waals surface area contributed by atoms with Gasteiger partial charge in [0.05, 0.1) is 16.6 Å². The largest absolute Gasteiger partial charge is 0.482 e. The van der Waals surface area contributed by atoms with E-state index in [2.05, 4.69) is 20.1 Å². The summed E-state index contributed by atoms with van der Waals surface area (Å²) in [6.45, 7) is 1.90. The molecule has 1 aromatic carbocycles. The van der Waals surface area contributed by atoms with Crippen LogP contribution in [0.3, 0.4) is 0 Å². The van der Waals surface area contributed by atoms with Gasteiger partial charge in [0, 0.05) is 6.54 Å². The van der Waals surface area contributed by atoms with Crippen LogP contribution in [0.1, 0.15) is 13.0 Å². The van der Waals surface area contributed by atoms with Gasteiger partial charge in [-0.25, -0.2) is 22.8 Å². The van der Waals surface area contributed by atoms with E-state index < -0.39 is 10.0 Å². The number of anilines is 1. The number of amides is 1. The van der Waals surface area contributed by atoms with Crippen molar-refractivity contribution < 1.29 is 17.9 Å². The molecule has 1 aromatic heterocycles. The van der Waals surface area contributed by atoms with E-state index >= 15 is 0 Å². The molecule has 0 spiro atoms. The fourth-order valence-electron chi connectivity index (χ4n) is 2.08. The van der Waals surface area contributed by atoms with Gasteiger partial charge in [0.25, 0.3) is 5.91 Å². The number of nitrogens with one attached hydrogen (secondary N) is 2. The smallest absolute Gasteiger partial charge is 0.262 e. The van der Waals surface area contributed by atoms with Crippen molar-refractivity contribution in [2.75, 3.05) is 18.5 Å². The highest BCUT2D eigenvalue weighted by molar-refractivity contribution is 7.89. The minimum absolute atomic E-state index is 0.0489. The molecule has 0 radical (unpaired) electrons. The summed E-state index contributed by atoms with van der Waals surface area (Å²) in [6, 6.07) is 4.13. The highest BCUT2D eigenvalue weighted by Crippen LogP contribution is 2.29. The van der Waals surface area contributed by atoms with Crippen LogP contribution in [-0.4, -0.2) is 42.2 Å². The van der Waals surface area contributed by atoms with E-state index in [9.17, 15) is 13.2 Å². The van der Waals surface area contributed by atoms with E-state index in [0.29, 0.717) is 11.4 Å². The predicted octanol–water partition coefficient (Wildman–Crippen LogP) is 0.148. The molecule has 2 N–H and O–H groups in total. The Morgan fingerprint density at radius 1 is 1.48 bits per heavy atom. The number of carbonyl (C=O) groups excluding carboxylic acids is 1. The van der Waals surface area contributed by atoms with E-state index in [0.717, 1.165) is 0 Å². The monoisotopic (exact) mass is 337 g/mol. The third kappa shape index (κ3) is 3.32. The van der Waals surface area contributed by atoms with Gasteiger partial charge in [-0.05, 0) is 25.1 Å². The zero-order valence-corrected chi connectivity index (χ0v) is 13.1. The van der Waals surface area contributed by atoms with Gasteiger partial charge < -0.3 is 10.1 Å². The molecule has 10 heteroatoms. The fraction of sp³-hybridized carbons (Fsp3) is 0.308. The van der Waals surface area contributed by atoms with E-state index in [1.165, 1.54) is 30.9 Å². The number of fused-ring (bicyclic) bond motifs is 1. The second kappa shape index (κ2) is 5.97. The Labute approximate surface area is 132 Å². The van der Waals surface area contributed by atoms with Crippen LogP contribution < -0.4 is 14.8 Å². The first-order valence-corrected chi connectivity index (χ1v) is 8.34. The van der Waals surface area contributed by atoms with Crippen molar-refractivity contribution in [1.29, 1.82) is 0 Å². The van der Waals surface area contributed by atoms with Crippen molar-refractivity contribution >= 4 is 21.6 Å². The molecule has 0 saturated carbocycles. The molecular formula is C13H15N5O4S. The van der Waals surface area contributed by atoms with Gasteiger partial charge in [-0.2, -0.15) is 5.10 Å². The molecule has 122 valence electrons. The summed E-state index contributed by atoms with van der Waals surface area (Å²) in [5.74, 6) is 0.124. The number of aromatic nitrogens is 3. The first kappa shape index (κ1) is 15.4. The van der Waals surface area contributed by atoms with Crippen LogP contribution in [0.15, 0.2) is 35.7 Å². The van der Waals surface area contributed by atoms with E-state index in [1.807, 2.05) is 6.92 Å². The number of carbonyl (C=O) groups is 1. The second-order valence-corrected chi connectivity index (χ2v) is 6.84. The maximum Gasteiger partial charge on any atom is 0.262 e. The number of rotatable bonds is 5. The maximum atomic E-state index is 12.4. The summed E-state index contributed by atoms with van der Waals surface area (Å²) < 4.78 is 34.0. The minimum atomic E-state index is -3.72. The molecule has 1 aliphatic heterocycles. The average molecular weight is 337 g/mol. The lowest BCUT2D eigenvalue weighted by atomic mass is 10.2. The number of benzene rings is 1. The molecule has 3 rings (SSSR count). The van der Waals surface area contributed by atoms with Crippen molar-refractivity contribution in [3.63, 3.8) is 0 Å². The fourth-order valence-corrected chi connectivity index (χ4v) is 3.23. The van der Waals surface area contributed by atoms with Crippen LogP contribution in [0.5, 0.6) is 5.75 Å². The normalized spacial score (nSPS) is 15.4. The Morgan fingerprint density at radius 2 is 2.30 bits per heavy atom. The van der Waals surface area contributed by atoms with Gasteiger partial charge in [0.15, 0.2) is 6.61 Å². The minimum Gasteiger partial charge on any atom is -0.482 e. The highest BCUT2D eigenvalue weighted by atomic mass is 32.2. The lowest BCUT2D eigenvalue weighted by Crippen LogP contribution is -2.30. The standard InChI is InChI=1S/C13H15N5O4S/c1-9(18-8-14-7-15-18)5-16-23(20,21)10-2-3-12-11(4-10)17-13(19)6-22-12/h2-4,7-9,16H,5-6H2,1H3,(H,17,19)/t9-/m0/s1. The number of ether oxygens (including phenoxy) is 1. The topological polar surface area (TPSA) is 115 Å². The molecular weight excluding hydrogens is 322 g/mol. The summed E-state index contributed by atoms with van der Waals surface area (Å²) in [6.07, 6.45) is 2.90. The van der Waals surface area contributed by atoms with E-state index in [-0.39, 0.29) is 30.0 Å². The van der Waals surface area contributed by atoms with Crippen LogP contribution in [0.25, 0.3) is 0 Å². The van der Waals surface area contributed by atoms with Crippen molar-refractivity contribution in [3.8, 4) is 5.75 Å². The quantitative estimate of drug-likeness (QED) is 0.802. The van der Waals surface area contributed by atoms with Gasteiger partial charge in [-0.3, -0.25) is 4.79 Å². The Morgan fingerprint density at radius 3 is 3.04 bits per heavy atom. The molecule has 0 unspecified atom stereocenters. The van der Waals surface area contributed by atoms with Crippen molar-refractivity contribution in [2.24, 2.45) is 0 Å². The molecule has 0 saturated heterocycles. The zero-order valence-electron chi connectivity index (χ0n) is 12.3. The zero-order chi connectivity index (χ0) is 16.4. The molecule has 2 aromatic rings. The Bertz CT molecular complexity index is 819. The summed E-state index contributed by atoms with van der Waals surface area (Å²) >= 11 is 0. The SMILES string of the molecule is C[C@@H](CNS(=O)(=O)c1ccc2c(c1)NC(=O)CO2)n1cncn1. The Balaban J connectivity index is 1.75. The molecule has 23 heavy (non-hydrogen) atoms. The second-order valence-electron chi connectivity index (χ2n) is 5.07. The molecule has 0 aliphatic carbocycles. The third-order valence-electron chi connectivity index (χ3n) is 3.35. The van der Waals surface area contributed by atoms with Gasteiger partial charge in [-0.1, -0.05) is 0 Å². The van der Waals surface area contributed by atoms with Crippen LogP contribution in [-0.2, 0) is 14.8 Å². The van der Waals surface area contributed by atoms with E-state index in [4.69, 9.17) is 4.74 Å². The van der Waals surface area contributed by atoms with Crippen LogP contribution in [0, 0.1) is 0 Å². The molecule has 1 amide bonds. The Hall–Kier alpha value is -2.46. The highest BCUT2D eigenvalue weighted by Gasteiger charge is 2.21. The number of hydrogen-bond acceptors (Lipinski definition) is 6. The maximum absolute atomic E-state index is 12.4. The number of hydrogen-bond donors (Lipinski definition) is 2. The lowest BCUT2D eigenvalue weighted by Gasteiger charge is -2.19. The van der Waals surface area contributed by atoms with Crippen molar-refractivity contribution in [1.82, 2.24) is 19.5 Å². The van der Waals surface area contributed by atoms with Crippen LogP contribution >= 0.6 is 0 Å². The van der Waals surface area contributed by atoms with Crippen LogP contribution in [0.4, 0.5) is 5.69 Å². The summed E-state index contributed by atoms with van der Waals surface area (Å²) in [7, 11) is -3.72. The molecule has 0 bridgehead atoms. The lowest BCUT2D eigenvalue weighted by molar-refractivity contribution is -0.118. The number of nitrogens with zero attached hydrogens (tertiary/aromatic N) is 3.